The van der Waals surface area contributed by atoms with E-state index in [1.54, 1.807) is 18.4 Å². The molecule has 0 spiro atoms. The fourth-order valence-corrected chi connectivity index (χ4v) is 3.26. The highest BCUT2D eigenvalue weighted by molar-refractivity contribution is 7.09. The molecule has 0 aliphatic heterocycles. The van der Waals surface area contributed by atoms with E-state index in [2.05, 4.69) is 25.6 Å². The first-order chi connectivity index (χ1) is 11.9. The van der Waals surface area contributed by atoms with E-state index in [4.69, 9.17) is 0 Å². The van der Waals surface area contributed by atoms with Gasteiger partial charge in [0.15, 0.2) is 5.96 Å². The SMILES string of the molecule is CN=C(NCC(c1ccc(F)cc1)N(C)C)N(C)Cc1csc(C)n1. The van der Waals surface area contributed by atoms with E-state index in [9.17, 15) is 4.39 Å². The summed E-state index contributed by atoms with van der Waals surface area (Å²) in [6, 6.07) is 6.76. The van der Waals surface area contributed by atoms with Crippen LogP contribution in [0.5, 0.6) is 0 Å². The monoisotopic (exact) mass is 363 g/mol. The number of likely N-dealkylation sites (N-methyl/N-ethyl adjacent to an activating group) is 1. The van der Waals surface area contributed by atoms with Gasteiger partial charge in [-0.1, -0.05) is 12.1 Å². The van der Waals surface area contributed by atoms with Gasteiger partial charge in [-0.25, -0.2) is 9.37 Å². The van der Waals surface area contributed by atoms with E-state index in [0.717, 1.165) is 22.2 Å². The summed E-state index contributed by atoms with van der Waals surface area (Å²) < 4.78 is 13.2. The minimum absolute atomic E-state index is 0.118. The second kappa shape index (κ2) is 8.92. The minimum Gasteiger partial charge on any atom is -0.354 e. The van der Waals surface area contributed by atoms with Crippen molar-refractivity contribution < 1.29 is 4.39 Å². The molecule has 0 fully saturated rings. The molecule has 0 saturated carbocycles. The normalized spacial score (nSPS) is 13.2. The first kappa shape index (κ1) is 19.3. The van der Waals surface area contributed by atoms with Crippen molar-refractivity contribution in [1.82, 2.24) is 20.1 Å². The Balaban J connectivity index is 2.00. The van der Waals surface area contributed by atoms with Crippen LogP contribution in [-0.2, 0) is 6.54 Å². The van der Waals surface area contributed by atoms with Crippen LogP contribution in [-0.4, -0.2) is 55.5 Å². The van der Waals surface area contributed by atoms with E-state index in [-0.39, 0.29) is 11.9 Å². The Labute approximate surface area is 153 Å². The number of halogens is 1. The van der Waals surface area contributed by atoms with Gasteiger partial charge in [-0.05, 0) is 38.7 Å². The van der Waals surface area contributed by atoms with Crippen LogP contribution < -0.4 is 5.32 Å². The molecule has 0 aliphatic carbocycles. The zero-order valence-corrected chi connectivity index (χ0v) is 16.3. The van der Waals surface area contributed by atoms with Crippen LogP contribution in [0.1, 0.15) is 22.3 Å². The molecule has 7 heteroatoms. The Hall–Kier alpha value is -1.99. The topological polar surface area (TPSA) is 43.8 Å². The predicted molar refractivity (Wildman–Crippen MR) is 103 cm³/mol. The number of rotatable bonds is 6. The number of hydrogen-bond acceptors (Lipinski definition) is 4. The molecule has 2 aromatic rings. The van der Waals surface area contributed by atoms with Gasteiger partial charge in [0.25, 0.3) is 0 Å². The van der Waals surface area contributed by atoms with Gasteiger partial charge in [-0.2, -0.15) is 0 Å². The minimum atomic E-state index is -0.219. The molecule has 1 atom stereocenters. The van der Waals surface area contributed by atoms with Gasteiger partial charge in [0, 0.05) is 26.0 Å². The van der Waals surface area contributed by atoms with Crippen LogP contribution in [0.3, 0.4) is 0 Å². The summed E-state index contributed by atoms with van der Waals surface area (Å²) in [4.78, 5) is 13.0. The quantitative estimate of drug-likeness (QED) is 0.633. The summed E-state index contributed by atoms with van der Waals surface area (Å²) in [6.07, 6.45) is 0. The maximum absolute atomic E-state index is 13.2. The smallest absolute Gasteiger partial charge is 0.193 e. The fourth-order valence-electron chi connectivity index (χ4n) is 2.65. The molecule has 0 aliphatic rings. The van der Waals surface area contributed by atoms with Crippen molar-refractivity contribution in [2.75, 3.05) is 34.7 Å². The number of thiazole rings is 1. The molecule has 0 bridgehead atoms. The average molecular weight is 364 g/mol. The molecule has 0 saturated heterocycles. The molecular weight excluding hydrogens is 337 g/mol. The molecule has 136 valence electrons. The van der Waals surface area contributed by atoms with E-state index in [0.29, 0.717) is 13.1 Å². The Morgan fingerprint density at radius 2 is 1.96 bits per heavy atom. The van der Waals surface area contributed by atoms with Crippen LogP contribution >= 0.6 is 11.3 Å². The lowest BCUT2D eigenvalue weighted by Gasteiger charge is -2.28. The van der Waals surface area contributed by atoms with E-state index >= 15 is 0 Å². The van der Waals surface area contributed by atoms with Gasteiger partial charge in [-0.15, -0.1) is 11.3 Å². The van der Waals surface area contributed by atoms with Gasteiger partial charge < -0.3 is 15.1 Å². The highest BCUT2D eigenvalue weighted by Crippen LogP contribution is 2.18. The van der Waals surface area contributed by atoms with Gasteiger partial charge in [-0.3, -0.25) is 4.99 Å². The van der Waals surface area contributed by atoms with E-state index < -0.39 is 0 Å². The third-order valence-corrected chi connectivity index (χ3v) is 4.79. The number of benzene rings is 1. The third-order valence-electron chi connectivity index (χ3n) is 3.97. The second-order valence-corrected chi connectivity index (χ2v) is 7.24. The summed E-state index contributed by atoms with van der Waals surface area (Å²) in [5, 5.41) is 6.54. The molecule has 1 aromatic heterocycles. The molecule has 1 N–H and O–H groups in total. The van der Waals surface area contributed by atoms with Crippen molar-refractivity contribution in [2.45, 2.75) is 19.5 Å². The van der Waals surface area contributed by atoms with Crippen molar-refractivity contribution in [3.8, 4) is 0 Å². The van der Waals surface area contributed by atoms with Crippen molar-refractivity contribution >= 4 is 17.3 Å². The lowest BCUT2D eigenvalue weighted by Crippen LogP contribution is -2.42. The lowest BCUT2D eigenvalue weighted by molar-refractivity contribution is 0.295. The molecular formula is C18H26FN5S. The van der Waals surface area contributed by atoms with E-state index in [1.165, 1.54) is 12.1 Å². The number of aliphatic imine (C=N–C) groups is 1. The van der Waals surface area contributed by atoms with Gasteiger partial charge in [0.1, 0.15) is 5.82 Å². The third kappa shape index (κ3) is 5.51. The Morgan fingerprint density at radius 3 is 2.48 bits per heavy atom. The van der Waals surface area contributed by atoms with Crippen LogP contribution in [0.25, 0.3) is 0 Å². The van der Waals surface area contributed by atoms with Crippen LogP contribution in [0.15, 0.2) is 34.6 Å². The lowest BCUT2D eigenvalue weighted by atomic mass is 10.1. The van der Waals surface area contributed by atoms with E-state index in [1.807, 2.05) is 45.1 Å². The predicted octanol–water partition coefficient (Wildman–Crippen LogP) is 2.90. The zero-order valence-electron chi connectivity index (χ0n) is 15.5. The molecule has 1 aromatic carbocycles. The zero-order chi connectivity index (χ0) is 18.4. The Bertz CT molecular complexity index is 696. The highest BCUT2D eigenvalue weighted by atomic mass is 32.1. The number of guanidine groups is 1. The molecule has 5 nitrogen and oxygen atoms in total. The van der Waals surface area contributed by atoms with Crippen molar-refractivity contribution in [3.05, 3.63) is 51.7 Å². The highest BCUT2D eigenvalue weighted by Gasteiger charge is 2.16. The standard InChI is InChI=1S/C18H26FN5S/c1-13-22-16(12-25-13)11-24(5)18(20-2)21-10-17(23(3)4)14-6-8-15(19)9-7-14/h6-9,12,17H,10-11H2,1-5H3,(H,20,21). The molecule has 2 rings (SSSR count). The van der Waals surface area contributed by atoms with Crippen molar-refractivity contribution in [2.24, 2.45) is 4.99 Å². The average Bonchev–Trinajstić information content (AvgIpc) is 2.97. The molecule has 1 heterocycles. The summed E-state index contributed by atoms with van der Waals surface area (Å²) in [7, 11) is 7.79. The summed E-state index contributed by atoms with van der Waals surface area (Å²) >= 11 is 1.65. The number of aromatic nitrogens is 1. The molecule has 0 radical (unpaired) electrons. The van der Waals surface area contributed by atoms with Crippen molar-refractivity contribution in [3.63, 3.8) is 0 Å². The van der Waals surface area contributed by atoms with Crippen LogP contribution in [0, 0.1) is 12.7 Å². The molecule has 0 amide bonds. The Kier molecular flexibility index (Phi) is 6.90. The number of aryl methyl sites for hydroxylation is 1. The summed E-state index contributed by atoms with van der Waals surface area (Å²) in [5.41, 5.74) is 2.10. The summed E-state index contributed by atoms with van der Waals surface area (Å²) in [5.74, 6) is 0.586. The molecule has 1 unspecified atom stereocenters. The Morgan fingerprint density at radius 1 is 1.28 bits per heavy atom. The van der Waals surface area contributed by atoms with Crippen molar-refractivity contribution in [1.29, 1.82) is 0 Å². The maximum atomic E-state index is 13.2. The second-order valence-electron chi connectivity index (χ2n) is 6.17. The summed E-state index contributed by atoms with van der Waals surface area (Å²) in [6.45, 7) is 3.38. The van der Waals surface area contributed by atoms with Crippen LogP contribution in [0.4, 0.5) is 4.39 Å². The van der Waals surface area contributed by atoms with Gasteiger partial charge in [0.05, 0.1) is 23.3 Å². The number of hydrogen-bond donors (Lipinski definition) is 1. The fraction of sp³-hybridized carbons (Fsp3) is 0.444. The first-order valence-corrected chi connectivity index (χ1v) is 9.03. The van der Waals surface area contributed by atoms with Gasteiger partial charge in [0.2, 0.25) is 0 Å². The number of nitrogens with one attached hydrogen (secondary N) is 1. The van der Waals surface area contributed by atoms with Gasteiger partial charge >= 0.3 is 0 Å². The number of nitrogens with zero attached hydrogens (tertiary/aromatic N) is 4. The first-order valence-electron chi connectivity index (χ1n) is 8.15. The van der Waals surface area contributed by atoms with Crippen LogP contribution in [0.2, 0.25) is 0 Å². The maximum Gasteiger partial charge on any atom is 0.193 e. The largest absolute Gasteiger partial charge is 0.354 e. The molecule has 25 heavy (non-hydrogen) atoms.